The Morgan fingerprint density at radius 1 is 1.22 bits per heavy atom. The van der Waals surface area contributed by atoms with Gasteiger partial charge in [-0.3, -0.25) is 0 Å². The van der Waals surface area contributed by atoms with E-state index in [0.717, 1.165) is 12.1 Å². The third-order valence-electron chi connectivity index (χ3n) is 2.74. The topological polar surface area (TPSA) is 76.4 Å². The van der Waals surface area contributed by atoms with Gasteiger partial charge in [-0.05, 0) is 37.3 Å². The summed E-state index contributed by atoms with van der Waals surface area (Å²) in [5, 5.41) is 8.93. The molecule has 2 aromatic carbocycles. The van der Waals surface area contributed by atoms with E-state index in [1.807, 2.05) is 6.07 Å². The van der Waals surface area contributed by atoms with Crippen LogP contribution in [0.25, 0.3) is 0 Å². The third-order valence-corrected chi connectivity index (χ3v) is 4.24. The van der Waals surface area contributed by atoms with Gasteiger partial charge in [0.1, 0.15) is 10.7 Å². The van der Waals surface area contributed by atoms with Gasteiger partial charge < -0.3 is 8.92 Å². The zero-order valence-electron chi connectivity index (χ0n) is 11.9. The monoisotopic (exact) mass is 355 g/mol. The van der Waals surface area contributed by atoms with Crippen molar-refractivity contribution in [3.8, 4) is 17.6 Å². The number of nitriles is 1. The van der Waals surface area contributed by atoms with Crippen LogP contribution in [-0.4, -0.2) is 15.0 Å². The van der Waals surface area contributed by atoms with E-state index in [1.165, 1.54) is 24.3 Å². The highest BCUT2D eigenvalue weighted by Gasteiger charge is 2.23. The molecule has 0 N–H and O–H groups in total. The fourth-order valence-electron chi connectivity index (χ4n) is 1.76. The van der Waals surface area contributed by atoms with Crippen molar-refractivity contribution >= 4 is 21.7 Å². The molecule has 0 aliphatic rings. The van der Waals surface area contributed by atoms with Crippen LogP contribution in [0, 0.1) is 17.1 Å². The number of nitrogens with zero attached hydrogens (tertiary/aromatic N) is 1. The molecule has 0 fully saturated rings. The predicted octanol–water partition coefficient (Wildman–Crippen LogP) is 3.52. The third kappa shape index (κ3) is 3.92. The summed E-state index contributed by atoms with van der Waals surface area (Å²) in [4.78, 5) is -0.645. The number of ether oxygens (including phenoxy) is 1. The fourth-order valence-corrected chi connectivity index (χ4v) is 2.91. The highest BCUT2D eigenvalue weighted by molar-refractivity contribution is 7.87. The van der Waals surface area contributed by atoms with E-state index >= 15 is 0 Å². The summed E-state index contributed by atoms with van der Waals surface area (Å²) in [6.45, 7) is 1.93. The van der Waals surface area contributed by atoms with Gasteiger partial charge in [0.25, 0.3) is 0 Å². The normalized spacial score (nSPS) is 10.9. The number of halogens is 2. The molecule has 0 saturated heterocycles. The SMILES string of the molecule is CCOc1cc(C#N)ccc1OS(=O)(=O)c1ccc(Cl)cc1F. The first-order chi connectivity index (χ1) is 10.9. The quantitative estimate of drug-likeness (QED) is 0.767. The molecule has 0 aliphatic carbocycles. The standard InChI is InChI=1S/C15H11ClFNO4S/c1-2-21-14-7-10(9-18)3-5-13(14)22-23(19,20)15-6-4-11(16)8-12(15)17/h3-8H,2H2,1H3. The molecule has 5 nitrogen and oxygen atoms in total. The molecule has 0 radical (unpaired) electrons. The van der Waals surface area contributed by atoms with Crippen LogP contribution in [-0.2, 0) is 10.1 Å². The summed E-state index contributed by atoms with van der Waals surface area (Å²) in [7, 11) is -4.42. The van der Waals surface area contributed by atoms with Gasteiger partial charge in [-0.25, -0.2) is 4.39 Å². The molecule has 120 valence electrons. The lowest BCUT2D eigenvalue weighted by molar-refractivity contribution is 0.327. The van der Waals surface area contributed by atoms with Crippen LogP contribution in [0.3, 0.4) is 0 Å². The highest BCUT2D eigenvalue weighted by atomic mass is 35.5. The Morgan fingerprint density at radius 2 is 1.96 bits per heavy atom. The van der Waals surface area contributed by atoms with Crippen molar-refractivity contribution in [2.75, 3.05) is 6.61 Å². The van der Waals surface area contributed by atoms with Gasteiger partial charge in [0.2, 0.25) is 0 Å². The minimum Gasteiger partial charge on any atom is -0.490 e. The van der Waals surface area contributed by atoms with Crippen molar-refractivity contribution in [3.63, 3.8) is 0 Å². The van der Waals surface area contributed by atoms with Gasteiger partial charge in [-0.1, -0.05) is 11.6 Å². The van der Waals surface area contributed by atoms with Crippen LogP contribution < -0.4 is 8.92 Å². The van der Waals surface area contributed by atoms with Crippen LogP contribution in [0.1, 0.15) is 12.5 Å². The summed E-state index contributed by atoms with van der Waals surface area (Å²) in [6.07, 6.45) is 0. The molecule has 2 rings (SSSR count). The molecule has 0 unspecified atom stereocenters. The number of rotatable bonds is 5. The summed E-state index contributed by atoms with van der Waals surface area (Å²) >= 11 is 5.60. The number of hydrogen-bond acceptors (Lipinski definition) is 5. The highest BCUT2D eigenvalue weighted by Crippen LogP contribution is 2.31. The molecule has 8 heteroatoms. The molecule has 0 amide bonds. The molecule has 0 atom stereocenters. The Balaban J connectivity index is 2.43. The molecule has 0 spiro atoms. The van der Waals surface area contributed by atoms with Crippen molar-refractivity contribution in [2.24, 2.45) is 0 Å². The minimum atomic E-state index is -4.42. The Kier molecular flexibility index (Phi) is 5.08. The fraction of sp³-hybridized carbons (Fsp3) is 0.133. The van der Waals surface area contributed by atoms with Gasteiger partial charge in [0.05, 0.1) is 18.2 Å². The largest absolute Gasteiger partial charge is 0.490 e. The molecular formula is C15H11ClFNO4S. The van der Waals surface area contributed by atoms with Gasteiger partial charge in [-0.2, -0.15) is 13.7 Å². The maximum Gasteiger partial charge on any atom is 0.342 e. The van der Waals surface area contributed by atoms with Crippen molar-refractivity contribution < 1.29 is 21.7 Å². The maximum absolute atomic E-state index is 13.8. The van der Waals surface area contributed by atoms with E-state index in [9.17, 15) is 12.8 Å². The van der Waals surface area contributed by atoms with Gasteiger partial charge in [-0.15, -0.1) is 0 Å². The Morgan fingerprint density at radius 3 is 2.57 bits per heavy atom. The second-order valence-corrected chi connectivity index (χ2v) is 6.27. The summed E-state index contributed by atoms with van der Waals surface area (Å²) in [6, 6.07) is 9.01. The maximum atomic E-state index is 13.8. The average molecular weight is 356 g/mol. The van der Waals surface area contributed by atoms with Crippen molar-refractivity contribution in [1.29, 1.82) is 5.26 Å². The second kappa shape index (κ2) is 6.86. The van der Waals surface area contributed by atoms with Crippen LogP contribution in [0.2, 0.25) is 5.02 Å². The van der Waals surface area contributed by atoms with Gasteiger partial charge in [0, 0.05) is 11.1 Å². The first kappa shape index (κ1) is 17.1. The van der Waals surface area contributed by atoms with E-state index in [4.69, 9.17) is 25.8 Å². The molecule has 0 aliphatic heterocycles. The lowest BCUT2D eigenvalue weighted by Gasteiger charge is -2.12. The van der Waals surface area contributed by atoms with Crippen molar-refractivity contribution in [1.82, 2.24) is 0 Å². The molecular weight excluding hydrogens is 345 g/mol. The average Bonchev–Trinajstić information content (AvgIpc) is 2.48. The van der Waals surface area contributed by atoms with Crippen LogP contribution in [0.4, 0.5) is 4.39 Å². The van der Waals surface area contributed by atoms with Gasteiger partial charge >= 0.3 is 10.1 Å². The Bertz CT molecular complexity index is 878. The smallest absolute Gasteiger partial charge is 0.342 e. The molecule has 23 heavy (non-hydrogen) atoms. The lowest BCUT2D eigenvalue weighted by Crippen LogP contribution is -2.12. The summed E-state index contributed by atoms with van der Waals surface area (Å²) < 4.78 is 48.4. The van der Waals surface area contributed by atoms with E-state index in [2.05, 4.69) is 0 Å². The Labute approximate surface area is 138 Å². The minimum absolute atomic E-state index is 0.0647. The predicted molar refractivity (Wildman–Crippen MR) is 81.5 cm³/mol. The van der Waals surface area contributed by atoms with Crippen LogP contribution in [0.15, 0.2) is 41.3 Å². The summed E-state index contributed by atoms with van der Waals surface area (Å²) in [5.74, 6) is -1.09. The molecule has 0 aromatic heterocycles. The van der Waals surface area contributed by atoms with Crippen LogP contribution >= 0.6 is 11.6 Å². The Hall–Kier alpha value is -2.30. The zero-order chi connectivity index (χ0) is 17.0. The van der Waals surface area contributed by atoms with E-state index < -0.39 is 20.8 Å². The first-order valence-corrected chi connectivity index (χ1v) is 8.22. The zero-order valence-corrected chi connectivity index (χ0v) is 13.5. The number of benzene rings is 2. The van der Waals surface area contributed by atoms with Crippen molar-refractivity contribution in [3.05, 3.63) is 52.8 Å². The molecule has 0 saturated carbocycles. The first-order valence-electron chi connectivity index (χ1n) is 6.44. The van der Waals surface area contributed by atoms with E-state index in [-0.39, 0.29) is 28.7 Å². The molecule has 2 aromatic rings. The van der Waals surface area contributed by atoms with E-state index in [0.29, 0.717) is 0 Å². The van der Waals surface area contributed by atoms with Crippen molar-refractivity contribution in [2.45, 2.75) is 11.8 Å². The lowest BCUT2D eigenvalue weighted by atomic mass is 10.2. The van der Waals surface area contributed by atoms with E-state index in [1.54, 1.807) is 6.92 Å². The summed E-state index contributed by atoms with van der Waals surface area (Å²) in [5.41, 5.74) is 0.274. The second-order valence-electron chi connectivity index (χ2n) is 4.32. The van der Waals surface area contributed by atoms with Crippen LogP contribution in [0.5, 0.6) is 11.5 Å². The van der Waals surface area contributed by atoms with Gasteiger partial charge in [0.15, 0.2) is 11.5 Å². The molecule has 0 bridgehead atoms. The number of hydrogen-bond donors (Lipinski definition) is 0. The molecule has 0 heterocycles.